The zero-order valence-corrected chi connectivity index (χ0v) is 12.8. The first kappa shape index (κ1) is 15.7. The lowest BCUT2D eigenvalue weighted by Crippen LogP contribution is -2.40. The summed E-state index contributed by atoms with van der Waals surface area (Å²) in [6.45, 7) is 0.147. The van der Waals surface area contributed by atoms with Gasteiger partial charge in [-0.05, 0) is 5.56 Å². The lowest BCUT2D eigenvalue weighted by Gasteiger charge is -2.14. The largest absolute Gasteiger partial charge is 0.550 e. The van der Waals surface area contributed by atoms with Crippen LogP contribution in [0.3, 0.4) is 0 Å². The van der Waals surface area contributed by atoms with Crippen LogP contribution < -0.4 is 21.7 Å². The summed E-state index contributed by atoms with van der Waals surface area (Å²) in [6.07, 6.45) is -0.613. The average molecular weight is 328 g/mol. The van der Waals surface area contributed by atoms with Crippen LogP contribution in [0.2, 0.25) is 0 Å². The number of hydrogen-bond donors (Lipinski definition) is 1. The Bertz CT molecular complexity index is 943. The third-order valence-corrected chi connectivity index (χ3v) is 4.04. The van der Waals surface area contributed by atoms with E-state index < -0.39 is 35.5 Å². The van der Waals surface area contributed by atoms with Crippen molar-refractivity contribution in [2.24, 2.45) is 7.05 Å². The quantitative estimate of drug-likeness (QED) is 0.755. The van der Waals surface area contributed by atoms with Crippen molar-refractivity contribution in [2.45, 2.75) is 18.9 Å². The third kappa shape index (κ3) is 2.51. The molecule has 1 amide bonds. The Kier molecular flexibility index (Phi) is 3.80. The van der Waals surface area contributed by atoms with Gasteiger partial charge in [-0.2, -0.15) is 0 Å². The van der Waals surface area contributed by atoms with E-state index in [9.17, 15) is 24.3 Å². The number of rotatable bonds is 4. The molecule has 0 radical (unpaired) electrons. The second kappa shape index (κ2) is 5.80. The molecule has 0 spiro atoms. The molecule has 0 unspecified atom stereocenters. The molecule has 2 aromatic rings. The van der Waals surface area contributed by atoms with E-state index in [-0.39, 0.29) is 17.9 Å². The van der Waals surface area contributed by atoms with Gasteiger partial charge in [-0.25, -0.2) is 4.79 Å². The highest BCUT2D eigenvalue weighted by molar-refractivity contribution is 6.03. The molecule has 2 heterocycles. The maximum Gasteiger partial charge on any atom is 0.332 e. The van der Waals surface area contributed by atoms with Crippen molar-refractivity contribution in [3.05, 3.63) is 62.3 Å². The maximum atomic E-state index is 12.4. The van der Waals surface area contributed by atoms with E-state index in [2.05, 4.69) is 5.32 Å². The second-order valence-electron chi connectivity index (χ2n) is 5.60. The van der Waals surface area contributed by atoms with Crippen LogP contribution in [-0.2, 0) is 23.2 Å². The zero-order valence-electron chi connectivity index (χ0n) is 12.8. The molecule has 0 bridgehead atoms. The number of carbonyl (C=O) groups excluding carboxylic acids is 2. The lowest BCUT2D eigenvalue weighted by atomic mass is 9.99. The topological polar surface area (TPSA) is 113 Å². The smallest absolute Gasteiger partial charge is 0.332 e. The first-order valence-corrected chi connectivity index (χ1v) is 7.28. The van der Waals surface area contributed by atoms with E-state index >= 15 is 0 Å². The number of nitrogens with zero attached hydrogens (tertiary/aromatic N) is 2. The molecular weight excluding hydrogens is 314 g/mol. The Balaban J connectivity index is 2.19. The highest BCUT2D eigenvalue weighted by Crippen LogP contribution is 2.31. The SMILES string of the molecule is Cn1c(=O)c2c(n(Cc3ccccc3)c1=O)NC(=O)[C@@H]2CC(=O)[O-]. The van der Waals surface area contributed by atoms with Crippen molar-refractivity contribution in [3.63, 3.8) is 0 Å². The molecule has 1 aliphatic rings. The Morgan fingerprint density at radius 3 is 2.50 bits per heavy atom. The summed E-state index contributed by atoms with van der Waals surface area (Å²) in [5, 5.41) is 13.4. The minimum atomic E-state index is -1.44. The first-order chi connectivity index (χ1) is 11.4. The fraction of sp³-hybridized carbons (Fsp3) is 0.250. The van der Waals surface area contributed by atoms with E-state index in [1.807, 2.05) is 6.07 Å². The summed E-state index contributed by atoms with van der Waals surface area (Å²) in [4.78, 5) is 47.8. The summed E-state index contributed by atoms with van der Waals surface area (Å²) < 4.78 is 2.14. The Hall–Kier alpha value is -3.16. The van der Waals surface area contributed by atoms with Gasteiger partial charge in [0.2, 0.25) is 5.91 Å². The summed E-state index contributed by atoms with van der Waals surface area (Å²) in [7, 11) is 1.30. The van der Waals surface area contributed by atoms with E-state index in [1.54, 1.807) is 24.3 Å². The Morgan fingerprint density at radius 1 is 1.21 bits per heavy atom. The number of amides is 1. The van der Waals surface area contributed by atoms with Crippen molar-refractivity contribution in [3.8, 4) is 0 Å². The molecular formula is C16H14N3O5-. The minimum absolute atomic E-state index is 0.0118. The predicted molar refractivity (Wildman–Crippen MR) is 82.5 cm³/mol. The zero-order chi connectivity index (χ0) is 17.4. The number of carboxylic acid groups (broad SMARTS) is 1. The second-order valence-corrected chi connectivity index (χ2v) is 5.60. The molecule has 24 heavy (non-hydrogen) atoms. The van der Waals surface area contributed by atoms with Gasteiger partial charge in [0.15, 0.2) is 0 Å². The molecule has 8 heteroatoms. The molecule has 8 nitrogen and oxygen atoms in total. The van der Waals surface area contributed by atoms with Gasteiger partial charge in [0, 0.05) is 19.4 Å². The first-order valence-electron chi connectivity index (χ1n) is 7.28. The number of carbonyl (C=O) groups is 2. The van der Waals surface area contributed by atoms with Gasteiger partial charge in [-0.15, -0.1) is 0 Å². The van der Waals surface area contributed by atoms with Crippen LogP contribution >= 0.6 is 0 Å². The summed E-state index contributed by atoms with van der Waals surface area (Å²) >= 11 is 0. The molecule has 1 N–H and O–H groups in total. The standard InChI is InChI=1S/C16H15N3O5/c1-18-15(23)12-10(7-11(20)21)14(22)17-13(12)19(16(18)24)8-9-5-3-2-4-6-9/h2-6,10H,7-8H2,1H3,(H,17,22)(H,20,21)/p-1/t10-/m1/s1. The van der Waals surface area contributed by atoms with Gasteiger partial charge in [-0.3, -0.25) is 18.7 Å². The van der Waals surface area contributed by atoms with Gasteiger partial charge in [0.05, 0.1) is 18.0 Å². The number of fused-ring (bicyclic) bond motifs is 1. The van der Waals surface area contributed by atoms with Crippen LogP contribution in [0.5, 0.6) is 0 Å². The van der Waals surface area contributed by atoms with Crippen LogP contribution in [0.4, 0.5) is 5.82 Å². The number of aromatic nitrogens is 2. The molecule has 1 aliphatic heterocycles. The van der Waals surface area contributed by atoms with Gasteiger partial charge >= 0.3 is 5.69 Å². The van der Waals surface area contributed by atoms with Crippen molar-refractivity contribution in [1.29, 1.82) is 0 Å². The maximum absolute atomic E-state index is 12.4. The average Bonchev–Trinajstić information content (AvgIpc) is 2.86. The van der Waals surface area contributed by atoms with E-state index in [1.165, 1.54) is 11.6 Å². The Labute approximate surface area is 136 Å². The minimum Gasteiger partial charge on any atom is -0.550 e. The highest BCUT2D eigenvalue weighted by Gasteiger charge is 2.36. The van der Waals surface area contributed by atoms with E-state index in [0.717, 1.165) is 10.1 Å². The van der Waals surface area contributed by atoms with Gasteiger partial charge < -0.3 is 15.2 Å². The van der Waals surface area contributed by atoms with Crippen LogP contribution in [0.15, 0.2) is 39.9 Å². The number of benzene rings is 1. The molecule has 0 saturated heterocycles. The summed E-state index contributed by atoms with van der Waals surface area (Å²) in [5.74, 6) is -3.17. The fourth-order valence-electron chi connectivity index (χ4n) is 2.85. The molecule has 1 aromatic carbocycles. The van der Waals surface area contributed by atoms with Crippen LogP contribution in [-0.4, -0.2) is 21.0 Å². The Morgan fingerprint density at radius 2 is 1.88 bits per heavy atom. The van der Waals surface area contributed by atoms with Crippen molar-refractivity contribution < 1.29 is 14.7 Å². The molecule has 1 atom stereocenters. The molecule has 0 saturated carbocycles. The summed E-state index contributed by atoms with van der Waals surface area (Å²) in [5.41, 5.74) is -0.471. The van der Waals surface area contributed by atoms with Gasteiger partial charge in [0.1, 0.15) is 5.82 Å². The number of anilines is 1. The van der Waals surface area contributed by atoms with Crippen LogP contribution in [0.1, 0.15) is 23.5 Å². The number of hydrogen-bond acceptors (Lipinski definition) is 5. The van der Waals surface area contributed by atoms with Crippen molar-refractivity contribution in [2.75, 3.05) is 5.32 Å². The fourth-order valence-corrected chi connectivity index (χ4v) is 2.85. The van der Waals surface area contributed by atoms with E-state index in [4.69, 9.17) is 0 Å². The molecule has 3 rings (SSSR count). The lowest BCUT2D eigenvalue weighted by molar-refractivity contribution is -0.306. The molecule has 0 aliphatic carbocycles. The predicted octanol–water partition coefficient (Wildman–Crippen LogP) is -1.23. The van der Waals surface area contributed by atoms with E-state index in [0.29, 0.717) is 0 Å². The molecule has 124 valence electrons. The summed E-state index contributed by atoms with van der Waals surface area (Å²) in [6, 6.07) is 9.05. The van der Waals surface area contributed by atoms with Gasteiger partial charge in [-0.1, -0.05) is 30.3 Å². The molecule has 0 fully saturated rings. The van der Waals surface area contributed by atoms with Gasteiger partial charge in [0.25, 0.3) is 5.56 Å². The van der Waals surface area contributed by atoms with Crippen LogP contribution in [0, 0.1) is 0 Å². The third-order valence-electron chi connectivity index (χ3n) is 4.04. The number of nitrogens with one attached hydrogen (secondary N) is 1. The highest BCUT2D eigenvalue weighted by atomic mass is 16.4. The normalized spacial score (nSPS) is 15.9. The number of aliphatic carboxylic acids is 1. The van der Waals surface area contributed by atoms with Crippen molar-refractivity contribution in [1.82, 2.24) is 9.13 Å². The molecule has 1 aromatic heterocycles. The monoisotopic (exact) mass is 328 g/mol. The number of carboxylic acids is 1. The van der Waals surface area contributed by atoms with Crippen molar-refractivity contribution >= 4 is 17.7 Å². The van der Waals surface area contributed by atoms with Crippen LogP contribution in [0.25, 0.3) is 0 Å².